The SMILES string of the molecule is C=C(CC/C(N)=C/NC(C)C)NCCCNC(=O)CCOCCC. The lowest BCUT2D eigenvalue weighted by Crippen LogP contribution is -2.28. The van der Waals surface area contributed by atoms with E-state index in [0.29, 0.717) is 32.2 Å². The van der Waals surface area contributed by atoms with Crippen molar-refractivity contribution in [2.45, 2.75) is 58.9 Å². The third-order valence-corrected chi connectivity index (χ3v) is 3.19. The van der Waals surface area contributed by atoms with Crippen molar-refractivity contribution in [3.05, 3.63) is 24.2 Å². The van der Waals surface area contributed by atoms with Gasteiger partial charge in [0, 0.05) is 49.8 Å². The number of ether oxygens (including phenoxy) is 1. The van der Waals surface area contributed by atoms with Crippen LogP contribution in [0.3, 0.4) is 0 Å². The van der Waals surface area contributed by atoms with E-state index in [-0.39, 0.29) is 5.91 Å². The lowest BCUT2D eigenvalue weighted by Gasteiger charge is -2.11. The molecule has 0 unspecified atom stereocenters. The summed E-state index contributed by atoms with van der Waals surface area (Å²) in [6.07, 6.45) is 5.71. The molecule has 24 heavy (non-hydrogen) atoms. The van der Waals surface area contributed by atoms with Crippen molar-refractivity contribution in [1.82, 2.24) is 16.0 Å². The van der Waals surface area contributed by atoms with Gasteiger partial charge in [-0.15, -0.1) is 0 Å². The first-order chi connectivity index (χ1) is 11.5. The molecule has 0 aromatic rings. The molecule has 0 radical (unpaired) electrons. The Morgan fingerprint density at radius 1 is 1.17 bits per heavy atom. The quantitative estimate of drug-likeness (QED) is 0.342. The molecule has 0 bridgehead atoms. The molecule has 0 saturated heterocycles. The monoisotopic (exact) mass is 340 g/mol. The van der Waals surface area contributed by atoms with Crippen LogP contribution in [0.15, 0.2) is 24.2 Å². The number of carbonyl (C=O) groups is 1. The lowest BCUT2D eigenvalue weighted by molar-refractivity contribution is -0.122. The fraction of sp³-hybridized carbons (Fsp3) is 0.722. The van der Waals surface area contributed by atoms with Gasteiger partial charge in [-0.25, -0.2) is 0 Å². The maximum Gasteiger partial charge on any atom is 0.222 e. The van der Waals surface area contributed by atoms with Crippen LogP contribution in [0.1, 0.15) is 52.9 Å². The van der Waals surface area contributed by atoms with Crippen molar-refractivity contribution < 1.29 is 9.53 Å². The van der Waals surface area contributed by atoms with E-state index < -0.39 is 0 Å². The average molecular weight is 341 g/mol. The van der Waals surface area contributed by atoms with Crippen LogP contribution in [0.5, 0.6) is 0 Å². The number of rotatable bonds is 15. The Bertz CT molecular complexity index is 381. The van der Waals surface area contributed by atoms with Crippen LogP contribution < -0.4 is 21.7 Å². The van der Waals surface area contributed by atoms with Crippen molar-refractivity contribution >= 4 is 5.91 Å². The van der Waals surface area contributed by atoms with Crippen LogP contribution in [0.2, 0.25) is 0 Å². The van der Waals surface area contributed by atoms with Gasteiger partial charge in [0.1, 0.15) is 0 Å². The van der Waals surface area contributed by atoms with Crippen LogP contribution in [0.25, 0.3) is 0 Å². The highest BCUT2D eigenvalue weighted by molar-refractivity contribution is 5.75. The summed E-state index contributed by atoms with van der Waals surface area (Å²) in [6, 6.07) is 0.387. The molecule has 0 heterocycles. The van der Waals surface area contributed by atoms with Crippen molar-refractivity contribution in [2.75, 3.05) is 26.3 Å². The Kier molecular flexibility index (Phi) is 13.8. The maximum atomic E-state index is 11.5. The lowest BCUT2D eigenvalue weighted by atomic mass is 10.2. The minimum Gasteiger partial charge on any atom is -0.401 e. The first-order valence-corrected chi connectivity index (χ1v) is 8.92. The molecule has 0 aliphatic rings. The number of nitrogens with one attached hydrogen (secondary N) is 3. The molecule has 1 amide bonds. The second-order valence-electron chi connectivity index (χ2n) is 6.14. The predicted molar refractivity (Wildman–Crippen MR) is 100 cm³/mol. The molecule has 0 fully saturated rings. The topological polar surface area (TPSA) is 88.4 Å². The minimum atomic E-state index is 0.0421. The summed E-state index contributed by atoms with van der Waals surface area (Å²) in [4.78, 5) is 11.5. The molecule has 0 rings (SSSR count). The molecule has 0 aliphatic carbocycles. The van der Waals surface area contributed by atoms with Crippen LogP contribution in [-0.2, 0) is 9.53 Å². The summed E-state index contributed by atoms with van der Waals surface area (Å²) >= 11 is 0. The molecule has 0 aliphatic heterocycles. The number of allylic oxidation sites excluding steroid dienone is 2. The van der Waals surface area contributed by atoms with Gasteiger partial charge in [0.15, 0.2) is 0 Å². The van der Waals surface area contributed by atoms with E-state index in [1.807, 2.05) is 13.1 Å². The number of amides is 1. The molecule has 6 nitrogen and oxygen atoms in total. The van der Waals surface area contributed by atoms with Crippen molar-refractivity contribution in [2.24, 2.45) is 5.73 Å². The van der Waals surface area contributed by atoms with Gasteiger partial charge in [-0.1, -0.05) is 13.5 Å². The molecule has 0 atom stereocenters. The van der Waals surface area contributed by atoms with E-state index in [1.54, 1.807) is 0 Å². The highest BCUT2D eigenvalue weighted by Crippen LogP contribution is 2.03. The number of hydrogen-bond acceptors (Lipinski definition) is 5. The van der Waals surface area contributed by atoms with Crippen LogP contribution in [0, 0.1) is 0 Å². The summed E-state index contributed by atoms with van der Waals surface area (Å²) in [7, 11) is 0. The molecule has 6 heteroatoms. The second kappa shape index (κ2) is 14.9. The molecule has 5 N–H and O–H groups in total. The number of carbonyl (C=O) groups excluding carboxylic acids is 1. The van der Waals surface area contributed by atoms with E-state index >= 15 is 0 Å². The summed E-state index contributed by atoms with van der Waals surface area (Å²) < 4.78 is 5.28. The van der Waals surface area contributed by atoms with Crippen LogP contribution in [0.4, 0.5) is 0 Å². The normalized spacial score (nSPS) is 11.4. The van der Waals surface area contributed by atoms with Gasteiger partial charge in [0.2, 0.25) is 5.91 Å². The van der Waals surface area contributed by atoms with Crippen molar-refractivity contribution in [1.29, 1.82) is 0 Å². The third-order valence-electron chi connectivity index (χ3n) is 3.19. The van der Waals surface area contributed by atoms with E-state index in [9.17, 15) is 4.79 Å². The van der Waals surface area contributed by atoms with Gasteiger partial charge < -0.3 is 26.4 Å². The van der Waals surface area contributed by atoms with E-state index in [4.69, 9.17) is 10.5 Å². The molecular formula is C18H36N4O2. The minimum absolute atomic E-state index is 0.0421. The van der Waals surface area contributed by atoms with E-state index in [2.05, 4.69) is 36.4 Å². The predicted octanol–water partition coefficient (Wildman–Crippen LogP) is 1.99. The fourth-order valence-electron chi connectivity index (χ4n) is 1.81. The first-order valence-electron chi connectivity index (χ1n) is 8.92. The summed E-state index contributed by atoms with van der Waals surface area (Å²) in [5.74, 6) is 0.0421. The van der Waals surface area contributed by atoms with Gasteiger partial charge in [-0.2, -0.15) is 0 Å². The fourth-order valence-corrected chi connectivity index (χ4v) is 1.81. The number of hydrogen-bond donors (Lipinski definition) is 4. The van der Waals surface area contributed by atoms with Gasteiger partial charge in [0.05, 0.1) is 6.61 Å². The van der Waals surface area contributed by atoms with Crippen molar-refractivity contribution in [3.8, 4) is 0 Å². The average Bonchev–Trinajstić information content (AvgIpc) is 2.54. The molecule has 0 aromatic heterocycles. The largest absolute Gasteiger partial charge is 0.401 e. The zero-order chi connectivity index (χ0) is 18.2. The Morgan fingerprint density at radius 3 is 2.54 bits per heavy atom. The maximum absolute atomic E-state index is 11.5. The van der Waals surface area contributed by atoms with Gasteiger partial charge in [-0.3, -0.25) is 4.79 Å². The molecule has 0 spiro atoms. The van der Waals surface area contributed by atoms with Gasteiger partial charge >= 0.3 is 0 Å². The van der Waals surface area contributed by atoms with Crippen molar-refractivity contribution in [3.63, 3.8) is 0 Å². The Balaban J connectivity index is 3.55. The summed E-state index contributed by atoms with van der Waals surface area (Å²) in [5, 5.41) is 9.32. The first kappa shape index (κ1) is 22.3. The van der Waals surface area contributed by atoms with E-state index in [0.717, 1.165) is 43.6 Å². The highest BCUT2D eigenvalue weighted by atomic mass is 16.5. The zero-order valence-corrected chi connectivity index (χ0v) is 15.6. The molecule has 0 saturated carbocycles. The summed E-state index contributed by atoms with van der Waals surface area (Å²) in [5.41, 5.74) is 7.70. The standard InChI is InChI=1S/C18H36N4O2/c1-5-12-24-13-9-18(23)21-11-6-10-20-16(4)7-8-17(19)14-22-15(2)3/h14-15,20,22H,4-13,19H2,1-3H3,(H,21,23)/b17-14-. The highest BCUT2D eigenvalue weighted by Gasteiger charge is 2.01. The second-order valence-corrected chi connectivity index (χ2v) is 6.14. The Hall–Kier alpha value is -1.69. The summed E-state index contributed by atoms with van der Waals surface area (Å²) in [6.45, 7) is 12.8. The third kappa shape index (κ3) is 15.2. The van der Waals surface area contributed by atoms with Gasteiger partial charge in [0.25, 0.3) is 0 Å². The molecule has 140 valence electrons. The zero-order valence-electron chi connectivity index (χ0n) is 15.6. The number of nitrogens with two attached hydrogens (primary N) is 1. The molecular weight excluding hydrogens is 304 g/mol. The van der Waals surface area contributed by atoms with Crippen LogP contribution in [-0.4, -0.2) is 38.3 Å². The van der Waals surface area contributed by atoms with Gasteiger partial charge in [-0.05, 0) is 39.5 Å². The Morgan fingerprint density at radius 2 is 1.88 bits per heavy atom. The van der Waals surface area contributed by atoms with Crippen LogP contribution >= 0.6 is 0 Å². The smallest absolute Gasteiger partial charge is 0.222 e. The molecule has 0 aromatic carbocycles. The Labute approximate surface area is 147 Å². The van der Waals surface area contributed by atoms with E-state index in [1.165, 1.54) is 0 Å².